The number of aromatic nitrogens is 2. The minimum Gasteiger partial charge on any atom is -0.341 e. The third kappa shape index (κ3) is 2.30. The third-order valence-electron chi connectivity index (χ3n) is 4.32. The number of hydrogen-bond donors (Lipinski definition) is 0. The van der Waals surface area contributed by atoms with Crippen LogP contribution in [0.5, 0.6) is 0 Å². The van der Waals surface area contributed by atoms with Gasteiger partial charge in [0, 0.05) is 48.6 Å². The number of benzene rings is 1. The molecule has 0 atom stereocenters. The van der Waals surface area contributed by atoms with Gasteiger partial charge in [0.2, 0.25) is 5.95 Å². The van der Waals surface area contributed by atoms with Crippen LogP contribution in [0.15, 0.2) is 42.2 Å². The molecule has 1 aromatic carbocycles. The van der Waals surface area contributed by atoms with Crippen molar-refractivity contribution in [2.24, 2.45) is 0 Å². The van der Waals surface area contributed by atoms with Crippen molar-refractivity contribution >= 4 is 17.8 Å². The number of fused-ring (bicyclic) bond motifs is 1. The first-order valence-corrected chi connectivity index (χ1v) is 7.71. The minimum atomic E-state index is 0.124. The van der Waals surface area contributed by atoms with Gasteiger partial charge in [-0.2, -0.15) is 0 Å². The van der Waals surface area contributed by atoms with Gasteiger partial charge in [0.05, 0.1) is 0 Å². The van der Waals surface area contributed by atoms with Crippen LogP contribution in [0.2, 0.25) is 0 Å². The molecule has 0 saturated carbocycles. The molecular formula is C18H17N3O. The molecule has 0 N–H and O–H groups in total. The zero-order valence-corrected chi connectivity index (χ0v) is 12.3. The second-order valence-corrected chi connectivity index (χ2v) is 5.84. The molecule has 1 aromatic heterocycles. The number of anilines is 1. The van der Waals surface area contributed by atoms with Crippen molar-refractivity contribution in [1.82, 2.24) is 9.97 Å². The highest BCUT2D eigenvalue weighted by Crippen LogP contribution is 2.27. The van der Waals surface area contributed by atoms with Crippen molar-refractivity contribution in [3.8, 4) is 0 Å². The van der Waals surface area contributed by atoms with Gasteiger partial charge in [-0.3, -0.25) is 4.79 Å². The Hall–Kier alpha value is -2.49. The quantitative estimate of drug-likeness (QED) is 0.798. The molecule has 0 bridgehead atoms. The van der Waals surface area contributed by atoms with Gasteiger partial charge in [0.15, 0.2) is 5.78 Å². The topological polar surface area (TPSA) is 46.1 Å². The summed E-state index contributed by atoms with van der Waals surface area (Å²) < 4.78 is 0. The number of carbonyl (C=O) groups is 1. The number of hydrogen-bond acceptors (Lipinski definition) is 4. The number of nitrogens with zero attached hydrogens (tertiary/aromatic N) is 3. The lowest BCUT2D eigenvalue weighted by molar-refractivity contribution is 0.104. The van der Waals surface area contributed by atoms with E-state index in [1.54, 1.807) is 0 Å². The zero-order chi connectivity index (χ0) is 14.9. The van der Waals surface area contributed by atoms with Gasteiger partial charge < -0.3 is 4.90 Å². The van der Waals surface area contributed by atoms with Gasteiger partial charge in [-0.25, -0.2) is 9.97 Å². The van der Waals surface area contributed by atoms with Crippen molar-refractivity contribution in [2.75, 3.05) is 18.0 Å². The fourth-order valence-electron chi connectivity index (χ4n) is 3.16. The first-order valence-electron chi connectivity index (χ1n) is 7.71. The number of carbonyl (C=O) groups excluding carboxylic acids is 1. The van der Waals surface area contributed by atoms with Crippen molar-refractivity contribution < 1.29 is 4.79 Å². The number of ketones is 1. The molecule has 110 valence electrons. The molecule has 22 heavy (non-hydrogen) atoms. The maximum absolute atomic E-state index is 12.4. The van der Waals surface area contributed by atoms with E-state index in [4.69, 9.17) is 0 Å². The first-order chi connectivity index (χ1) is 10.8. The first kappa shape index (κ1) is 13.2. The van der Waals surface area contributed by atoms with Gasteiger partial charge in [-0.1, -0.05) is 24.3 Å². The van der Waals surface area contributed by atoms with E-state index in [1.165, 1.54) is 12.8 Å². The van der Waals surface area contributed by atoms with Gasteiger partial charge in [-0.05, 0) is 24.5 Å². The van der Waals surface area contributed by atoms with Crippen LogP contribution in [0.3, 0.4) is 0 Å². The fraction of sp³-hybridized carbons (Fsp3) is 0.278. The highest BCUT2D eigenvalue weighted by atomic mass is 16.1. The maximum Gasteiger partial charge on any atom is 0.225 e. The summed E-state index contributed by atoms with van der Waals surface area (Å²) in [6.07, 6.45) is 8.65. The average Bonchev–Trinajstić information content (AvgIpc) is 3.18. The molecule has 4 nitrogen and oxygen atoms in total. The summed E-state index contributed by atoms with van der Waals surface area (Å²) in [6, 6.07) is 7.79. The second kappa shape index (κ2) is 5.37. The van der Waals surface area contributed by atoms with E-state index in [2.05, 4.69) is 14.9 Å². The fourth-order valence-corrected chi connectivity index (χ4v) is 3.16. The number of rotatable bonds is 2. The SMILES string of the molecule is O=C1/C(=C\c2cnc(N3CCCC3)nc2)Cc2ccccc21. The Balaban J connectivity index is 1.57. The van der Waals surface area contributed by atoms with E-state index < -0.39 is 0 Å². The Morgan fingerprint density at radius 3 is 2.50 bits per heavy atom. The van der Waals surface area contributed by atoms with E-state index in [1.807, 2.05) is 42.7 Å². The largest absolute Gasteiger partial charge is 0.341 e. The van der Waals surface area contributed by atoms with Crippen LogP contribution in [-0.2, 0) is 6.42 Å². The molecule has 1 aliphatic heterocycles. The second-order valence-electron chi connectivity index (χ2n) is 5.84. The van der Waals surface area contributed by atoms with E-state index >= 15 is 0 Å². The Labute approximate surface area is 129 Å². The van der Waals surface area contributed by atoms with Crippen LogP contribution in [0.4, 0.5) is 5.95 Å². The van der Waals surface area contributed by atoms with E-state index in [0.29, 0.717) is 6.42 Å². The van der Waals surface area contributed by atoms with Gasteiger partial charge in [0.1, 0.15) is 0 Å². The van der Waals surface area contributed by atoms with Gasteiger partial charge in [-0.15, -0.1) is 0 Å². The van der Waals surface area contributed by atoms with Crippen LogP contribution in [-0.4, -0.2) is 28.8 Å². The predicted octanol–water partition coefficient (Wildman–Crippen LogP) is 2.90. The van der Waals surface area contributed by atoms with Crippen LogP contribution < -0.4 is 4.90 Å². The van der Waals surface area contributed by atoms with E-state index in [9.17, 15) is 4.79 Å². The highest BCUT2D eigenvalue weighted by molar-refractivity contribution is 6.15. The Morgan fingerprint density at radius 1 is 1.05 bits per heavy atom. The molecule has 0 radical (unpaired) electrons. The monoisotopic (exact) mass is 291 g/mol. The molecule has 0 amide bonds. The molecule has 4 rings (SSSR count). The standard InChI is InChI=1S/C18H17N3O/c22-17-15(10-14-5-1-2-6-16(14)17)9-13-11-19-18(20-12-13)21-7-3-4-8-21/h1-2,5-6,9,11-12H,3-4,7-8,10H2/b15-9-. The molecular weight excluding hydrogens is 274 g/mol. The lowest BCUT2D eigenvalue weighted by Gasteiger charge is -2.14. The lowest BCUT2D eigenvalue weighted by Crippen LogP contribution is -2.20. The zero-order valence-electron chi connectivity index (χ0n) is 12.3. The van der Waals surface area contributed by atoms with Crippen LogP contribution >= 0.6 is 0 Å². The Kier molecular flexibility index (Phi) is 3.22. The molecule has 0 unspecified atom stereocenters. The van der Waals surface area contributed by atoms with Crippen LogP contribution in [0, 0.1) is 0 Å². The van der Waals surface area contributed by atoms with Crippen LogP contribution in [0.1, 0.15) is 34.3 Å². The normalized spacial score (nSPS) is 19.0. The Morgan fingerprint density at radius 2 is 1.77 bits per heavy atom. The molecule has 1 fully saturated rings. The van der Waals surface area contributed by atoms with Crippen LogP contribution in [0.25, 0.3) is 6.08 Å². The van der Waals surface area contributed by atoms with Gasteiger partial charge >= 0.3 is 0 Å². The smallest absolute Gasteiger partial charge is 0.225 e. The summed E-state index contributed by atoms with van der Waals surface area (Å²) in [5.41, 5.74) is 3.63. The number of Topliss-reactive ketones (excluding diaryl/α,β-unsaturated/α-hetero) is 1. The molecule has 4 heteroatoms. The summed E-state index contributed by atoms with van der Waals surface area (Å²) in [4.78, 5) is 23.4. The summed E-state index contributed by atoms with van der Waals surface area (Å²) in [5.74, 6) is 0.917. The Bertz CT molecular complexity index is 743. The molecule has 0 spiro atoms. The van der Waals surface area contributed by atoms with Crippen molar-refractivity contribution in [1.29, 1.82) is 0 Å². The molecule has 2 aromatic rings. The van der Waals surface area contributed by atoms with Crippen molar-refractivity contribution in [3.63, 3.8) is 0 Å². The minimum absolute atomic E-state index is 0.124. The molecule has 2 heterocycles. The summed E-state index contributed by atoms with van der Waals surface area (Å²) in [7, 11) is 0. The maximum atomic E-state index is 12.4. The average molecular weight is 291 g/mol. The lowest BCUT2D eigenvalue weighted by atomic mass is 10.1. The van der Waals surface area contributed by atoms with E-state index in [0.717, 1.165) is 41.3 Å². The molecule has 1 aliphatic carbocycles. The summed E-state index contributed by atoms with van der Waals surface area (Å²) >= 11 is 0. The third-order valence-corrected chi connectivity index (χ3v) is 4.32. The summed E-state index contributed by atoms with van der Waals surface area (Å²) in [6.45, 7) is 2.07. The summed E-state index contributed by atoms with van der Waals surface area (Å²) in [5, 5.41) is 0. The number of allylic oxidation sites excluding steroid dienone is 1. The van der Waals surface area contributed by atoms with Crippen molar-refractivity contribution in [3.05, 3.63) is 58.9 Å². The van der Waals surface area contributed by atoms with Gasteiger partial charge in [0.25, 0.3) is 0 Å². The highest BCUT2D eigenvalue weighted by Gasteiger charge is 2.24. The van der Waals surface area contributed by atoms with E-state index in [-0.39, 0.29) is 5.78 Å². The van der Waals surface area contributed by atoms with Crippen molar-refractivity contribution in [2.45, 2.75) is 19.3 Å². The molecule has 2 aliphatic rings. The predicted molar refractivity (Wildman–Crippen MR) is 85.9 cm³/mol. The molecule has 1 saturated heterocycles.